The van der Waals surface area contributed by atoms with Gasteiger partial charge >= 0.3 is 0 Å². The number of ether oxygens (including phenoxy) is 1. The normalized spacial score (nSPS) is 23.4. The van der Waals surface area contributed by atoms with Crippen LogP contribution in [-0.2, 0) is 6.54 Å². The summed E-state index contributed by atoms with van der Waals surface area (Å²) >= 11 is 0. The Morgan fingerprint density at radius 3 is 2.82 bits per heavy atom. The third-order valence-electron chi connectivity index (χ3n) is 4.55. The summed E-state index contributed by atoms with van der Waals surface area (Å²) < 4.78 is 11.2. The number of hydrogen-bond donors (Lipinski definition) is 0. The van der Waals surface area contributed by atoms with E-state index in [1.165, 1.54) is 19.3 Å². The molecule has 0 amide bonds. The Morgan fingerprint density at radius 2 is 2.14 bits per heavy atom. The lowest BCUT2D eigenvalue weighted by molar-refractivity contribution is 0.396. The topological polar surface area (TPSA) is 51.4 Å². The van der Waals surface area contributed by atoms with Gasteiger partial charge < -0.3 is 14.1 Å². The Morgan fingerprint density at radius 1 is 1.32 bits per heavy atom. The molecule has 2 aliphatic carbocycles. The highest BCUT2D eigenvalue weighted by Crippen LogP contribution is 2.47. The summed E-state index contributed by atoms with van der Waals surface area (Å²) in [6.07, 6.45) is 5.37. The molecule has 2 aliphatic rings. The van der Waals surface area contributed by atoms with E-state index in [1.54, 1.807) is 19.4 Å². The summed E-state index contributed by atoms with van der Waals surface area (Å²) in [6.45, 7) is 2.99. The number of methoxy groups -OCH3 is 1. The molecule has 0 unspecified atom stereocenters. The molecular formula is C17H21N3O2. The second kappa shape index (κ2) is 5.30. The molecule has 22 heavy (non-hydrogen) atoms. The third-order valence-corrected chi connectivity index (χ3v) is 4.55. The summed E-state index contributed by atoms with van der Waals surface area (Å²) in [5.41, 5.74) is 0. The fourth-order valence-corrected chi connectivity index (χ4v) is 2.90. The number of aromatic nitrogens is 2. The van der Waals surface area contributed by atoms with Crippen LogP contribution in [0.3, 0.4) is 0 Å². The first kappa shape index (κ1) is 13.6. The van der Waals surface area contributed by atoms with Gasteiger partial charge in [-0.1, -0.05) is 6.92 Å². The number of hydrogen-bond acceptors (Lipinski definition) is 5. The van der Waals surface area contributed by atoms with Crippen LogP contribution >= 0.6 is 0 Å². The van der Waals surface area contributed by atoms with E-state index in [9.17, 15) is 0 Å². The van der Waals surface area contributed by atoms with Crippen molar-refractivity contribution in [3.05, 3.63) is 35.9 Å². The molecule has 2 aromatic rings. The summed E-state index contributed by atoms with van der Waals surface area (Å²) in [4.78, 5) is 11.1. The second-order valence-corrected chi connectivity index (χ2v) is 6.38. The average Bonchev–Trinajstić information content (AvgIpc) is 3.46. The molecule has 0 aliphatic heterocycles. The molecule has 2 heterocycles. The Bertz CT molecular complexity index is 665. The Labute approximate surface area is 130 Å². The van der Waals surface area contributed by atoms with E-state index < -0.39 is 0 Å². The van der Waals surface area contributed by atoms with Crippen LogP contribution in [0.25, 0.3) is 0 Å². The highest BCUT2D eigenvalue weighted by molar-refractivity contribution is 5.36. The standard InChI is InChI=1S/C17H21N3O2/c1-11-9-14(11)15-6-5-13(22-15)10-20(12-3-4-12)17-18-8-7-16(19-17)21-2/h5-8,11-12,14H,3-4,9-10H2,1-2H3/t11-,14+/m0/s1. The van der Waals surface area contributed by atoms with Gasteiger partial charge in [-0.3, -0.25) is 0 Å². The molecule has 0 radical (unpaired) electrons. The summed E-state index contributed by atoms with van der Waals surface area (Å²) in [5.74, 6) is 4.83. The van der Waals surface area contributed by atoms with Gasteiger partial charge in [0, 0.05) is 24.2 Å². The lowest BCUT2D eigenvalue weighted by atomic mass is 10.3. The molecule has 0 bridgehead atoms. The predicted octanol–water partition coefficient (Wildman–Crippen LogP) is 3.37. The van der Waals surface area contributed by atoms with E-state index in [4.69, 9.17) is 9.15 Å². The zero-order valence-electron chi connectivity index (χ0n) is 13.0. The third kappa shape index (κ3) is 2.67. The molecule has 2 fully saturated rings. The molecule has 0 spiro atoms. The highest BCUT2D eigenvalue weighted by Gasteiger charge is 2.37. The molecular weight excluding hydrogens is 278 g/mol. The van der Waals surface area contributed by atoms with E-state index in [-0.39, 0.29) is 0 Å². The van der Waals surface area contributed by atoms with Gasteiger partial charge in [0.1, 0.15) is 11.5 Å². The summed E-state index contributed by atoms with van der Waals surface area (Å²) in [6, 6.07) is 6.51. The number of anilines is 1. The summed E-state index contributed by atoms with van der Waals surface area (Å²) in [5, 5.41) is 0. The van der Waals surface area contributed by atoms with Crippen molar-refractivity contribution >= 4 is 5.95 Å². The Kier molecular flexibility index (Phi) is 3.28. The first-order valence-electron chi connectivity index (χ1n) is 7.97. The molecule has 0 saturated heterocycles. The summed E-state index contributed by atoms with van der Waals surface area (Å²) in [7, 11) is 1.63. The van der Waals surface area contributed by atoms with Crippen LogP contribution in [0.4, 0.5) is 5.95 Å². The van der Waals surface area contributed by atoms with Crippen LogP contribution < -0.4 is 9.64 Å². The molecule has 0 aromatic carbocycles. The van der Waals surface area contributed by atoms with Crippen molar-refractivity contribution in [1.82, 2.24) is 9.97 Å². The zero-order valence-corrected chi connectivity index (χ0v) is 13.0. The molecule has 5 heteroatoms. The fraction of sp³-hybridized carbons (Fsp3) is 0.529. The van der Waals surface area contributed by atoms with Gasteiger partial charge in [-0.25, -0.2) is 4.98 Å². The Hall–Kier alpha value is -2.04. The number of rotatable bonds is 6. The van der Waals surface area contributed by atoms with Crippen molar-refractivity contribution in [3.63, 3.8) is 0 Å². The fourth-order valence-electron chi connectivity index (χ4n) is 2.90. The van der Waals surface area contributed by atoms with Crippen molar-refractivity contribution in [2.75, 3.05) is 12.0 Å². The van der Waals surface area contributed by atoms with Crippen LogP contribution in [-0.4, -0.2) is 23.1 Å². The largest absolute Gasteiger partial charge is 0.481 e. The van der Waals surface area contributed by atoms with Gasteiger partial charge in [-0.05, 0) is 37.3 Å². The van der Waals surface area contributed by atoms with Crippen molar-refractivity contribution in [2.45, 2.75) is 44.7 Å². The minimum Gasteiger partial charge on any atom is -0.481 e. The minimum atomic E-state index is 0.514. The van der Waals surface area contributed by atoms with E-state index in [1.807, 2.05) is 0 Å². The lowest BCUT2D eigenvalue weighted by Gasteiger charge is -2.21. The predicted molar refractivity (Wildman–Crippen MR) is 83.0 cm³/mol. The van der Waals surface area contributed by atoms with E-state index in [0.717, 1.165) is 29.9 Å². The van der Waals surface area contributed by atoms with Crippen LogP contribution in [0.5, 0.6) is 5.88 Å². The van der Waals surface area contributed by atoms with E-state index in [0.29, 0.717) is 17.8 Å². The first-order chi connectivity index (χ1) is 10.7. The quantitative estimate of drug-likeness (QED) is 0.818. The molecule has 5 nitrogen and oxygen atoms in total. The maximum absolute atomic E-state index is 6.04. The molecule has 0 N–H and O–H groups in total. The van der Waals surface area contributed by atoms with Crippen molar-refractivity contribution in [1.29, 1.82) is 0 Å². The van der Waals surface area contributed by atoms with Crippen LogP contribution in [0.15, 0.2) is 28.8 Å². The van der Waals surface area contributed by atoms with Crippen molar-refractivity contribution < 1.29 is 9.15 Å². The van der Waals surface area contributed by atoms with Crippen molar-refractivity contribution in [3.8, 4) is 5.88 Å². The average molecular weight is 299 g/mol. The van der Waals surface area contributed by atoms with Gasteiger partial charge in [0.05, 0.1) is 13.7 Å². The molecule has 2 atom stereocenters. The van der Waals surface area contributed by atoms with E-state index >= 15 is 0 Å². The van der Waals surface area contributed by atoms with Gasteiger partial charge in [0.2, 0.25) is 11.8 Å². The smallest absolute Gasteiger partial charge is 0.229 e. The van der Waals surface area contributed by atoms with E-state index in [2.05, 4.69) is 33.9 Å². The molecule has 2 aromatic heterocycles. The van der Waals surface area contributed by atoms with Crippen molar-refractivity contribution in [2.24, 2.45) is 5.92 Å². The van der Waals surface area contributed by atoms with Gasteiger partial charge in [-0.2, -0.15) is 4.98 Å². The van der Waals surface area contributed by atoms with Gasteiger partial charge in [0.15, 0.2) is 0 Å². The molecule has 4 rings (SSSR count). The zero-order chi connectivity index (χ0) is 15.1. The SMILES string of the molecule is COc1ccnc(N(Cc2ccc([C@@H]3C[C@@H]3C)o2)C2CC2)n1. The van der Waals surface area contributed by atoms with Gasteiger partial charge in [0.25, 0.3) is 0 Å². The maximum Gasteiger partial charge on any atom is 0.229 e. The van der Waals surface area contributed by atoms with Gasteiger partial charge in [-0.15, -0.1) is 0 Å². The first-order valence-corrected chi connectivity index (χ1v) is 7.97. The monoisotopic (exact) mass is 299 g/mol. The second-order valence-electron chi connectivity index (χ2n) is 6.38. The highest BCUT2D eigenvalue weighted by atomic mass is 16.5. The van der Waals surface area contributed by atoms with Crippen LogP contribution in [0.1, 0.15) is 43.6 Å². The minimum absolute atomic E-state index is 0.514. The van der Waals surface area contributed by atoms with Crippen LogP contribution in [0.2, 0.25) is 0 Å². The Balaban J connectivity index is 1.53. The van der Waals surface area contributed by atoms with Crippen LogP contribution in [0, 0.1) is 5.92 Å². The number of nitrogens with zero attached hydrogens (tertiary/aromatic N) is 3. The number of furan rings is 1. The molecule has 2 saturated carbocycles. The molecule has 116 valence electrons. The lowest BCUT2D eigenvalue weighted by Crippen LogP contribution is -2.26. The maximum atomic E-state index is 6.04.